The maximum Gasteiger partial charge on any atom is 0.337 e. The first kappa shape index (κ1) is 23.3. The van der Waals surface area contributed by atoms with E-state index in [9.17, 15) is 4.79 Å². The Hall–Kier alpha value is -3.90. The van der Waals surface area contributed by atoms with Crippen molar-refractivity contribution < 1.29 is 14.3 Å². The van der Waals surface area contributed by atoms with E-state index in [4.69, 9.17) is 9.47 Å². The molecule has 1 heterocycles. The van der Waals surface area contributed by atoms with E-state index in [1.807, 2.05) is 48.9 Å². The van der Waals surface area contributed by atoms with Crippen LogP contribution in [-0.2, 0) is 11.3 Å². The molecule has 0 amide bonds. The molecular formula is C28H29N3O3. The lowest BCUT2D eigenvalue weighted by molar-refractivity contribution is 0.0600. The zero-order chi connectivity index (χ0) is 23.6. The average Bonchev–Trinajstić information content (AvgIpc) is 3.40. The topological polar surface area (TPSA) is 65.4 Å². The molecule has 174 valence electrons. The molecule has 0 aliphatic carbocycles. The number of rotatable bonds is 11. The Morgan fingerprint density at radius 2 is 1.88 bits per heavy atom. The van der Waals surface area contributed by atoms with E-state index in [2.05, 4.69) is 39.1 Å². The zero-order valence-corrected chi connectivity index (χ0v) is 19.3. The molecule has 0 saturated heterocycles. The summed E-state index contributed by atoms with van der Waals surface area (Å²) < 4.78 is 13.1. The third-order valence-electron chi connectivity index (χ3n) is 5.55. The van der Waals surface area contributed by atoms with Crippen LogP contribution in [0.3, 0.4) is 0 Å². The first-order valence-corrected chi connectivity index (χ1v) is 11.4. The molecule has 0 bridgehead atoms. The predicted molar refractivity (Wildman–Crippen MR) is 135 cm³/mol. The minimum Gasteiger partial charge on any atom is -0.489 e. The summed E-state index contributed by atoms with van der Waals surface area (Å²) in [6.07, 6.45) is 8.71. The first-order valence-electron chi connectivity index (χ1n) is 11.4. The number of benzene rings is 3. The molecule has 0 unspecified atom stereocenters. The highest BCUT2D eigenvalue weighted by molar-refractivity contribution is 5.89. The van der Waals surface area contributed by atoms with Gasteiger partial charge in [0.25, 0.3) is 0 Å². The number of carbonyl (C=O) groups excluding carboxylic acids is 1. The summed E-state index contributed by atoms with van der Waals surface area (Å²) in [6.45, 7) is 2.97. The SMILES string of the molecule is COC(=O)c1ccc(/C=C(/CNCCCn2ccnc2)COc2cccc3ccccc23)cc1. The van der Waals surface area contributed by atoms with Gasteiger partial charge in [-0.05, 0) is 47.7 Å². The van der Waals surface area contributed by atoms with Gasteiger partial charge in [0.2, 0.25) is 0 Å². The molecular weight excluding hydrogens is 426 g/mol. The number of nitrogens with one attached hydrogen (secondary N) is 1. The van der Waals surface area contributed by atoms with E-state index in [1.54, 1.807) is 18.3 Å². The van der Waals surface area contributed by atoms with E-state index in [0.29, 0.717) is 18.7 Å². The molecule has 6 heteroatoms. The van der Waals surface area contributed by atoms with Crippen molar-refractivity contribution in [2.24, 2.45) is 0 Å². The van der Waals surface area contributed by atoms with Gasteiger partial charge in [-0.3, -0.25) is 0 Å². The number of fused-ring (bicyclic) bond motifs is 1. The Balaban J connectivity index is 1.43. The number of nitrogens with zero attached hydrogens (tertiary/aromatic N) is 2. The van der Waals surface area contributed by atoms with Crippen LogP contribution < -0.4 is 10.1 Å². The van der Waals surface area contributed by atoms with Gasteiger partial charge in [0, 0.05) is 30.9 Å². The summed E-state index contributed by atoms with van der Waals surface area (Å²) in [6, 6.07) is 21.7. The monoisotopic (exact) mass is 455 g/mol. The number of esters is 1. The van der Waals surface area contributed by atoms with Gasteiger partial charge in [-0.25, -0.2) is 9.78 Å². The normalized spacial score (nSPS) is 11.5. The third-order valence-corrected chi connectivity index (χ3v) is 5.55. The van der Waals surface area contributed by atoms with Gasteiger partial charge in [-0.2, -0.15) is 0 Å². The predicted octanol–water partition coefficient (Wildman–Crippen LogP) is 4.97. The quantitative estimate of drug-likeness (QED) is 0.256. The fraction of sp³-hybridized carbons (Fsp3) is 0.214. The number of hydrogen-bond acceptors (Lipinski definition) is 5. The van der Waals surface area contributed by atoms with E-state index >= 15 is 0 Å². The van der Waals surface area contributed by atoms with Gasteiger partial charge >= 0.3 is 5.97 Å². The van der Waals surface area contributed by atoms with Crippen molar-refractivity contribution in [3.63, 3.8) is 0 Å². The second-order valence-electron chi connectivity index (χ2n) is 8.01. The van der Waals surface area contributed by atoms with Crippen LogP contribution in [0.5, 0.6) is 5.75 Å². The Morgan fingerprint density at radius 3 is 2.68 bits per heavy atom. The fourth-order valence-corrected chi connectivity index (χ4v) is 3.76. The van der Waals surface area contributed by atoms with Crippen LogP contribution in [0, 0.1) is 0 Å². The number of imidazole rings is 1. The van der Waals surface area contributed by atoms with Crippen molar-refractivity contribution in [2.75, 3.05) is 26.8 Å². The van der Waals surface area contributed by atoms with Crippen molar-refractivity contribution in [1.29, 1.82) is 0 Å². The fourth-order valence-electron chi connectivity index (χ4n) is 3.76. The molecule has 0 atom stereocenters. The highest BCUT2D eigenvalue weighted by atomic mass is 16.5. The summed E-state index contributed by atoms with van der Waals surface area (Å²) in [5.41, 5.74) is 2.65. The number of aromatic nitrogens is 2. The molecule has 0 spiro atoms. The van der Waals surface area contributed by atoms with Gasteiger partial charge in [0.15, 0.2) is 0 Å². The number of carbonyl (C=O) groups is 1. The lowest BCUT2D eigenvalue weighted by Crippen LogP contribution is -2.22. The second kappa shape index (κ2) is 11.8. The van der Waals surface area contributed by atoms with Gasteiger partial charge in [0.05, 0.1) is 19.0 Å². The molecule has 6 nitrogen and oxygen atoms in total. The van der Waals surface area contributed by atoms with Crippen molar-refractivity contribution >= 4 is 22.8 Å². The highest BCUT2D eigenvalue weighted by Crippen LogP contribution is 2.25. The summed E-state index contributed by atoms with van der Waals surface area (Å²) in [5, 5.41) is 5.78. The molecule has 0 fully saturated rings. The van der Waals surface area contributed by atoms with Gasteiger partial charge in [0.1, 0.15) is 12.4 Å². The molecule has 4 aromatic rings. The third kappa shape index (κ3) is 6.33. The Kier molecular flexibility index (Phi) is 8.08. The number of methoxy groups -OCH3 is 1. The number of aryl methyl sites for hydroxylation is 1. The molecule has 0 aliphatic heterocycles. The van der Waals surface area contributed by atoms with Crippen LogP contribution in [0.25, 0.3) is 16.8 Å². The van der Waals surface area contributed by atoms with Crippen LogP contribution in [0.2, 0.25) is 0 Å². The average molecular weight is 456 g/mol. The molecule has 3 aromatic carbocycles. The summed E-state index contributed by atoms with van der Waals surface area (Å²) in [5.74, 6) is 0.528. The van der Waals surface area contributed by atoms with Gasteiger partial charge < -0.3 is 19.4 Å². The largest absolute Gasteiger partial charge is 0.489 e. The van der Waals surface area contributed by atoms with E-state index in [-0.39, 0.29) is 5.97 Å². The van der Waals surface area contributed by atoms with Gasteiger partial charge in [-0.1, -0.05) is 54.6 Å². The summed E-state index contributed by atoms with van der Waals surface area (Å²) >= 11 is 0. The molecule has 0 aliphatic rings. The van der Waals surface area contributed by atoms with E-state index < -0.39 is 0 Å². The second-order valence-corrected chi connectivity index (χ2v) is 8.01. The minimum atomic E-state index is -0.338. The van der Waals surface area contributed by atoms with Crippen molar-refractivity contribution in [1.82, 2.24) is 14.9 Å². The van der Waals surface area contributed by atoms with E-state index in [1.165, 1.54) is 7.11 Å². The van der Waals surface area contributed by atoms with Crippen LogP contribution in [0.15, 0.2) is 91.0 Å². The zero-order valence-electron chi connectivity index (χ0n) is 19.3. The summed E-state index contributed by atoms with van der Waals surface area (Å²) in [4.78, 5) is 15.8. The van der Waals surface area contributed by atoms with Crippen LogP contribution in [0.4, 0.5) is 0 Å². The standard InChI is InChI=1S/C28H29N3O3/c1-33-28(32)25-12-10-22(11-13-25)18-23(19-29-14-5-16-31-17-15-30-21-31)20-34-27-9-4-7-24-6-2-3-8-26(24)27/h2-4,6-13,15,17-18,21,29H,5,14,16,19-20H2,1H3/b23-18-. The lowest BCUT2D eigenvalue weighted by Gasteiger charge is -2.13. The first-order chi connectivity index (χ1) is 16.7. The lowest BCUT2D eigenvalue weighted by atomic mass is 10.1. The van der Waals surface area contributed by atoms with Crippen molar-refractivity contribution in [3.8, 4) is 5.75 Å². The minimum absolute atomic E-state index is 0.338. The Labute approximate surface area is 199 Å². The Morgan fingerprint density at radius 1 is 1.06 bits per heavy atom. The number of ether oxygens (including phenoxy) is 2. The molecule has 0 radical (unpaired) electrons. The molecule has 1 aromatic heterocycles. The molecule has 0 saturated carbocycles. The maximum atomic E-state index is 11.7. The molecule has 4 rings (SSSR count). The smallest absolute Gasteiger partial charge is 0.337 e. The molecule has 1 N–H and O–H groups in total. The van der Waals surface area contributed by atoms with Crippen LogP contribution in [-0.4, -0.2) is 42.3 Å². The van der Waals surface area contributed by atoms with Crippen molar-refractivity contribution in [2.45, 2.75) is 13.0 Å². The molecule has 34 heavy (non-hydrogen) atoms. The highest BCUT2D eigenvalue weighted by Gasteiger charge is 2.07. The number of hydrogen-bond donors (Lipinski definition) is 1. The van der Waals surface area contributed by atoms with Crippen LogP contribution in [0.1, 0.15) is 22.3 Å². The van der Waals surface area contributed by atoms with Gasteiger partial charge in [-0.15, -0.1) is 0 Å². The van der Waals surface area contributed by atoms with E-state index in [0.717, 1.165) is 47.2 Å². The van der Waals surface area contributed by atoms with Crippen LogP contribution >= 0.6 is 0 Å². The maximum absolute atomic E-state index is 11.7. The summed E-state index contributed by atoms with van der Waals surface area (Å²) in [7, 11) is 1.39. The van der Waals surface area contributed by atoms with Crippen molar-refractivity contribution in [3.05, 3.63) is 102 Å². The Bertz CT molecular complexity index is 1230.